The van der Waals surface area contributed by atoms with Gasteiger partial charge < -0.3 is 14.8 Å². The number of carbonyl (C=O) groups is 1. The van der Waals surface area contributed by atoms with Crippen molar-refractivity contribution >= 4 is 5.97 Å². The summed E-state index contributed by atoms with van der Waals surface area (Å²) >= 11 is 0. The number of rotatable bonds is 7. The summed E-state index contributed by atoms with van der Waals surface area (Å²) in [5.41, 5.74) is -0.124. The van der Waals surface area contributed by atoms with E-state index >= 15 is 0 Å². The molecule has 4 heteroatoms. The molecule has 0 amide bonds. The highest BCUT2D eigenvalue weighted by atomic mass is 16.5. The second-order valence-corrected chi connectivity index (χ2v) is 5.14. The molecule has 2 atom stereocenters. The van der Waals surface area contributed by atoms with E-state index in [0.29, 0.717) is 13.0 Å². The maximum Gasteiger partial charge on any atom is 0.307 e. The Morgan fingerprint density at radius 1 is 1.44 bits per heavy atom. The van der Waals surface area contributed by atoms with Crippen molar-refractivity contribution in [2.75, 3.05) is 20.3 Å². The molecule has 0 saturated heterocycles. The van der Waals surface area contributed by atoms with Crippen LogP contribution in [0.1, 0.15) is 52.4 Å². The summed E-state index contributed by atoms with van der Waals surface area (Å²) < 4.78 is 10.6. The third-order valence-electron chi connectivity index (χ3n) is 3.67. The van der Waals surface area contributed by atoms with E-state index in [9.17, 15) is 4.79 Å². The van der Waals surface area contributed by atoms with Crippen LogP contribution in [0.3, 0.4) is 0 Å². The smallest absolute Gasteiger partial charge is 0.307 e. The summed E-state index contributed by atoms with van der Waals surface area (Å²) in [6.45, 7) is 5.39. The van der Waals surface area contributed by atoms with Crippen LogP contribution < -0.4 is 5.32 Å². The molecule has 0 bridgehead atoms. The summed E-state index contributed by atoms with van der Waals surface area (Å²) in [4.78, 5) is 11.8. The minimum Gasteiger partial charge on any atom is -0.466 e. The summed E-state index contributed by atoms with van der Waals surface area (Å²) in [5.74, 6) is -0.0992. The van der Waals surface area contributed by atoms with Gasteiger partial charge in [-0.1, -0.05) is 6.92 Å². The number of carbonyl (C=O) groups excluding carboxylic acids is 1. The molecule has 2 unspecified atom stereocenters. The highest BCUT2D eigenvalue weighted by Gasteiger charge is 2.38. The van der Waals surface area contributed by atoms with E-state index in [1.165, 1.54) is 0 Å². The molecule has 0 heterocycles. The van der Waals surface area contributed by atoms with Crippen LogP contribution in [0.4, 0.5) is 0 Å². The second-order valence-electron chi connectivity index (χ2n) is 5.14. The highest BCUT2D eigenvalue weighted by molar-refractivity contribution is 5.71. The summed E-state index contributed by atoms with van der Waals surface area (Å²) in [6.07, 6.45) is 5.93. The SMILES string of the molecule is CCCNC1(CC(=O)OCC)CCCC(OC)C1. The number of hydrogen-bond donors (Lipinski definition) is 1. The first kappa shape index (κ1) is 15.4. The molecule has 18 heavy (non-hydrogen) atoms. The second kappa shape index (κ2) is 7.74. The van der Waals surface area contributed by atoms with Crippen LogP contribution >= 0.6 is 0 Å². The molecule has 1 fully saturated rings. The average Bonchev–Trinajstić information content (AvgIpc) is 2.37. The molecule has 0 aromatic heterocycles. The van der Waals surface area contributed by atoms with E-state index in [4.69, 9.17) is 9.47 Å². The Morgan fingerprint density at radius 2 is 2.22 bits per heavy atom. The summed E-state index contributed by atoms with van der Waals surface area (Å²) in [7, 11) is 1.75. The number of esters is 1. The van der Waals surface area contributed by atoms with Crippen LogP contribution in [0.25, 0.3) is 0 Å². The average molecular weight is 257 g/mol. The van der Waals surface area contributed by atoms with Gasteiger partial charge in [-0.25, -0.2) is 0 Å². The molecule has 0 radical (unpaired) electrons. The summed E-state index contributed by atoms with van der Waals surface area (Å²) in [5, 5.41) is 3.56. The van der Waals surface area contributed by atoms with Gasteiger partial charge in [0.15, 0.2) is 0 Å². The van der Waals surface area contributed by atoms with Crippen molar-refractivity contribution in [1.29, 1.82) is 0 Å². The van der Waals surface area contributed by atoms with Gasteiger partial charge in [-0.3, -0.25) is 4.79 Å². The predicted molar refractivity (Wildman–Crippen MR) is 71.5 cm³/mol. The molecule has 0 aromatic carbocycles. The Kier molecular flexibility index (Phi) is 6.65. The number of hydrogen-bond acceptors (Lipinski definition) is 4. The van der Waals surface area contributed by atoms with Crippen molar-refractivity contribution in [2.45, 2.75) is 64.0 Å². The van der Waals surface area contributed by atoms with Gasteiger partial charge in [-0.05, 0) is 45.6 Å². The normalized spacial score (nSPS) is 28.1. The Bertz CT molecular complexity index is 257. The third-order valence-corrected chi connectivity index (χ3v) is 3.67. The molecule has 106 valence electrons. The fourth-order valence-corrected chi connectivity index (χ4v) is 2.77. The minimum absolute atomic E-state index is 0.0992. The molecule has 1 saturated carbocycles. The molecular formula is C14H27NO3. The Morgan fingerprint density at radius 3 is 2.83 bits per heavy atom. The molecule has 0 aliphatic heterocycles. The molecule has 0 aromatic rings. The lowest BCUT2D eigenvalue weighted by molar-refractivity contribution is -0.145. The number of ether oxygens (including phenoxy) is 2. The van der Waals surface area contributed by atoms with Crippen molar-refractivity contribution in [2.24, 2.45) is 0 Å². The van der Waals surface area contributed by atoms with E-state index in [0.717, 1.165) is 38.6 Å². The molecule has 1 rings (SSSR count). The van der Waals surface area contributed by atoms with Gasteiger partial charge in [0, 0.05) is 12.6 Å². The predicted octanol–water partition coefficient (Wildman–Crippen LogP) is 2.27. The van der Waals surface area contributed by atoms with Crippen LogP contribution in [0.5, 0.6) is 0 Å². The van der Waals surface area contributed by atoms with Crippen molar-refractivity contribution in [3.8, 4) is 0 Å². The first-order chi connectivity index (χ1) is 8.65. The topological polar surface area (TPSA) is 47.6 Å². The molecule has 1 N–H and O–H groups in total. The van der Waals surface area contributed by atoms with E-state index < -0.39 is 0 Å². The number of methoxy groups -OCH3 is 1. The molecule has 0 spiro atoms. The Hall–Kier alpha value is -0.610. The first-order valence-corrected chi connectivity index (χ1v) is 7.09. The lowest BCUT2D eigenvalue weighted by Gasteiger charge is -2.40. The standard InChI is InChI=1S/C14H27NO3/c1-4-9-15-14(11-13(16)18-5-2)8-6-7-12(10-14)17-3/h12,15H,4-11H2,1-3H3. The zero-order valence-electron chi connectivity index (χ0n) is 12.0. The minimum atomic E-state index is -0.124. The highest BCUT2D eigenvalue weighted by Crippen LogP contribution is 2.33. The Balaban J connectivity index is 2.64. The van der Waals surface area contributed by atoms with Crippen molar-refractivity contribution in [3.63, 3.8) is 0 Å². The maximum absolute atomic E-state index is 11.8. The van der Waals surface area contributed by atoms with Crippen LogP contribution in [-0.4, -0.2) is 37.9 Å². The van der Waals surface area contributed by atoms with Gasteiger partial charge in [0.25, 0.3) is 0 Å². The third kappa shape index (κ3) is 4.58. The lowest BCUT2D eigenvalue weighted by atomic mass is 9.77. The quantitative estimate of drug-likeness (QED) is 0.711. The van der Waals surface area contributed by atoms with Gasteiger partial charge >= 0.3 is 5.97 Å². The maximum atomic E-state index is 11.8. The largest absolute Gasteiger partial charge is 0.466 e. The van der Waals surface area contributed by atoms with Crippen LogP contribution in [-0.2, 0) is 14.3 Å². The molecular weight excluding hydrogens is 230 g/mol. The summed E-state index contributed by atoms with van der Waals surface area (Å²) in [6, 6.07) is 0. The van der Waals surface area contributed by atoms with Gasteiger partial charge in [0.05, 0.1) is 19.1 Å². The van der Waals surface area contributed by atoms with E-state index in [2.05, 4.69) is 12.2 Å². The van der Waals surface area contributed by atoms with Crippen molar-refractivity contribution in [1.82, 2.24) is 5.32 Å². The van der Waals surface area contributed by atoms with Crippen molar-refractivity contribution < 1.29 is 14.3 Å². The fourth-order valence-electron chi connectivity index (χ4n) is 2.77. The van der Waals surface area contributed by atoms with E-state index in [-0.39, 0.29) is 17.6 Å². The molecule has 1 aliphatic carbocycles. The monoisotopic (exact) mass is 257 g/mol. The molecule has 4 nitrogen and oxygen atoms in total. The fraction of sp³-hybridized carbons (Fsp3) is 0.929. The van der Waals surface area contributed by atoms with Crippen LogP contribution in [0.2, 0.25) is 0 Å². The van der Waals surface area contributed by atoms with Gasteiger partial charge in [-0.2, -0.15) is 0 Å². The van der Waals surface area contributed by atoms with Crippen LogP contribution in [0.15, 0.2) is 0 Å². The zero-order chi connectivity index (χ0) is 13.4. The van der Waals surface area contributed by atoms with Crippen LogP contribution in [0, 0.1) is 0 Å². The van der Waals surface area contributed by atoms with Gasteiger partial charge in [-0.15, -0.1) is 0 Å². The Labute approximate surface area is 110 Å². The molecule has 1 aliphatic rings. The van der Waals surface area contributed by atoms with Crippen molar-refractivity contribution in [3.05, 3.63) is 0 Å². The number of nitrogens with one attached hydrogen (secondary N) is 1. The lowest BCUT2D eigenvalue weighted by Crippen LogP contribution is -2.52. The van der Waals surface area contributed by atoms with Gasteiger partial charge in [0.1, 0.15) is 0 Å². The first-order valence-electron chi connectivity index (χ1n) is 7.09. The van der Waals surface area contributed by atoms with E-state index in [1.807, 2.05) is 6.92 Å². The zero-order valence-corrected chi connectivity index (χ0v) is 12.0. The van der Waals surface area contributed by atoms with E-state index in [1.54, 1.807) is 7.11 Å². The van der Waals surface area contributed by atoms with Gasteiger partial charge in [0.2, 0.25) is 0 Å².